The molecule has 0 saturated carbocycles. The number of hydrogen-bond acceptors (Lipinski definition) is 1. The molecule has 1 aliphatic heterocycles. The molecule has 1 heterocycles. The lowest BCUT2D eigenvalue weighted by atomic mass is 9.98. The van der Waals surface area contributed by atoms with Crippen LogP contribution in [0.3, 0.4) is 0 Å². The van der Waals surface area contributed by atoms with E-state index in [0.717, 1.165) is 6.54 Å². The van der Waals surface area contributed by atoms with Gasteiger partial charge in [0.25, 0.3) is 0 Å². The first-order chi connectivity index (χ1) is 6.79. The Kier molecular flexibility index (Phi) is 3.63. The lowest BCUT2D eigenvalue weighted by Crippen LogP contribution is -2.27. The summed E-state index contributed by atoms with van der Waals surface area (Å²) in [7, 11) is 0. The fraction of sp³-hybridized carbons (Fsp3) is 0.455. The molecule has 1 atom stereocenters. The van der Waals surface area contributed by atoms with Crippen LogP contribution in [0.1, 0.15) is 30.9 Å². The van der Waals surface area contributed by atoms with Gasteiger partial charge in [-0.2, -0.15) is 0 Å². The summed E-state index contributed by atoms with van der Waals surface area (Å²) in [6, 6.07) is 6.78. The molecule has 0 aromatic heterocycles. The highest BCUT2D eigenvalue weighted by Crippen LogP contribution is 2.34. The number of hydrogen-bond donors (Lipinski definition) is 1. The quantitative estimate of drug-likeness (QED) is 0.824. The molecule has 1 nitrogen and oxygen atoms in total. The van der Waals surface area contributed by atoms with Crippen molar-refractivity contribution in [3.05, 3.63) is 32.7 Å². The molecule has 0 unspecified atom stereocenters. The number of piperidine rings is 1. The van der Waals surface area contributed by atoms with E-state index in [2.05, 4.69) is 55.4 Å². The highest BCUT2D eigenvalue weighted by Gasteiger charge is 2.18. The van der Waals surface area contributed by atoms with Crippen molar-refractivity contribution in [1.29, 1.82) is 0 Å². The molecule has 1 aromatic rings. The average molecular weight is 319 g/mol. The van der Waals surface area contributed by atoms with Crippen LogP contribution in [-0.2, 0) is 0 Å². The molecule has 1 aliphatic rings. The lowest BCUT2D eigenvalue weighted by Gasteiger charge is -2.25. The molecule has 3 heteroatoms. The maximum absolute atomic E-state index is 3.61. The standard InChI is InChI=1S/C11H13Br2N/c12-8-4-3-5-9(13)11(8)10-6-1-2-7-14-10/h3-5,10,14H,1-2,6-7H2/t10-/m1/s1. The first kappa shape index (κ1) is 10.7. The maximum atomic E-state index is 3.61. The van der Waals surface area contributed by atoms with E-state index in [0.29, 0.717) is 6.04 Å². The molecule has 2 rings (SSSR count). The zero-order valence-corrected chi connectivity index (χ0v) is 11.1. The monoisotopic (exact) mass is 317 g/mol. The topological polar surface area (TPSA) is 12.0 Å². The molecule has 1 N–H and O–H groups in total. The van der Waals surface area contributed by atoms with Crippen molar-refractivity contribution in [3.8, 4) is 0 Å². The second kappa shape index (κ2) is 4.77. The smallest absolute Gasteiger partial charge is 0.0342 e. The summed E-state index contributed by atoms with van der Waals surface area (Å²) in [6.45, 7) is 1.14. The van der Waals surface area contributed by atoms with Gasteiger partial charge in [0.15, 0.2) is 0 Å². The molecule has 0 amide bonds. The molecular formula is C11H13Br2N. The molecular weight excluding hydrogens is 306 g/mol. The lowest BCUT2D eigenvalue weighted by molar-refractivity contribution is 0.410. The van der Waals surface area contributed by atoms with Crippen molar-refractivity contribution in [1.82, 2.24) is 5.32 Å². The second-order valence-corrected chi connectivity index (χ2v) is 5.35. The van der Waals surface area contributed by atoms with Gasteiger partial charge >= 0.3 is 0 Å². The minimum absolute atomic E-state index is 0.508. The van der Waals surface area contributed by atoms with Gasteiger partial charge in [0, 0.05) is 15.0 Å². The third kappa shape index (κ3) is 2.20. The Bertz CT molecular complexity index is 299. The SMILES string of the molecule is Brc1cccc(Br)c1[C@H]1CCCCN1. The summed E-state index contributed by atoms with van der Waals surface area (Å²) in [5.74, 6) is 0. The van der Waals surface area contributed by atoms with Gasteiger partial charge in [0.1, 0.15) is 0 Å². The molecule has 0 spiro atoms. The fourth-order valence-corrected chi connectivity index (χ4v) is 3.49. The van der Waals surface area contributed by atoms with Gasteiger partial charge in [-0.15, -0.1) is 0 Å². The number of rotatable bonds is 1. The van der Waals surface area contributed by atoms with Crippen LogP contribution in [-0.4, -0.2) is 6.54 Å². The van der Waals surface area contributed by atoms with Gasteiger partial charge < -0.3 is 5.32 Å². The molecule has 1 fully saturated rings. The van der Waals surface area contributed by atoms with Crippen molar-refractivity contribution < 1.29 is 0 Å². The predicted octanol–water partition coefficient (Wildman–Crippen LogP) is 4.03. The van der Waals surface area contributed by atoms with Crippen LogP contribution in [0.15, 0.2) is 27.1 Å². The molecule has 1 aromatic carbocycles. The van der Waals surface area contributed by atoms with Gasteiger partial charge in [-0.25, -0.2) is 0 Å². The molecule has 0 radical (unpaired) electrons. The van der Waals surface area contributed by atoms with E-state index in [-0.39, 0.29) is 0 Å². The molecule has 0 bridgehead atoms. The summed E-state index contributed by atoms with van der Waals surface area (Å²) >= 11 is 7.23. The van der Waals surface area contributed by atoms with Crippen LogP contribution in [0, 0.1) is 0 Å². The fourth-order valence-electron chi connectivity index (χ4n) is 1.94. The second-order valence-electron chi connectivity index (χ2n) is 3.64. The van der Waals surface area contributed by atoms with E-state index in [9.17, 15) is 0 Å². The van der Waals surface area contributed by atoms with Crippen LogP contribution < -0.4 is 5.32 Å². The Morgan fingerprint density at radius 3 is 2.43 bits per heavy atom. The minimum Gasteiger partial charge on any atom is -0.310 e. The van der Waals surface area contributed by atoms with Gasteiger partial charge in [-0.1, -0.05) is 44.3 Å². The predicted molar refractivity (Wildman–Crippen MR) is 66.4 cm³/mol. The largest absolute Gasteiger partial charge is 0.310 e. The van der Waals surface area contributed by atoms with E-state index in [1.807, 2.05) is 0 Å². The van der Waals surface area contributed by atoms with Crippen molar-refractivity contribution in [2.24, 2.45) is 0 Å². The van der Waals surface area contributed by atoms with E-state index in [1.54, 1.807) is 0 Å². The van der Waals surface area contributed by atoms with Crippen molar-refractivity contribution in [2.75, 3.05) is 6.54 Å². The average Bonchev–Trinajstić information content (AvgIpc) is 2.19. The van der Waals surface area contributed by atoms with Crippen molar-refractivity contribution in [3.63, 3.8) is 0 Å². The Morgan fingerprint density at radius 1 is 1.14 bits per heavy atom. The van der Waals surface area contributed by atoms with E-state index < -0.39 is 0 Å². The third-order valence-corrected chi connectivity index (χ3v) is 4.04. The van der Waals surface area contributed by atoms with Gasteiger partial charge in [-0.3, -0.25) is 0 Å². The number of benzene rings is 1. The summed E-state index contributed by atoms with van der Waals surface area (Å²) in [5.41, 5.74) is 1.37. The van der Waals surface area contributed by atoms with E-state index in [4.69, 9.17) is 0 Å². The Hall–Kier alpha value is 0.140. The van der Waals surface area contributed by atoms with E-state index >= 15 is 0 Å². The third-order valence-electron chi connectivity index (χ3n) is 2.66. The highest BCUT2D eigenvalue weighted by molar-refractivity contribution is 9.11. The molecule has 1 saturated heterocycles. The zero-order valence-electron chi connectivity index (χ0n) is 7.89. The summed E-state index contributed by atoms with van der Waals surface area (Å²) < 4.78 is 2.40. The normalized spacial score (nSPS) is 22.3. The molecule has 14 heavy (non-hydrogen) atoms. The number of nitrogens with one attached hydrogen (secondary N) is 1. The molecule has 0 aliphatic carbocycles. The zero-order chi connectivity index (χ0) is 9.97. The molecule has 76 valence electrons. The van der Waals surface area contributed by atoms with Crippen molar-refractivity contribution >= 4 is 31.9 Å². The number of halogens is 2. The van der Waals surface area contributed by atoms with Crippen LogP contribution in [0.4, 0.5) is 0 Å². The Balaban J connectivity index is 2.29. The summed E-state index contributed by atoms with van der Waals surface area (Å²) in [6.07, 6.45) is 3.87. The van der Waals surface area contributed by atoms with Crippen LogP contribution in [0.2, 0.25) is 0 Å². The summed E-state index contributed by atoms with van der Waals surface area (Å²) in [4.78, 5) is 0. The van der Waals surface area contributed by atoms with Crippen molar-refractivity contribution in [2.45, 2.75) is 25.3 Å². The van der Waals surface area contributed by atoms with Gasteiger partial charge in [-0.05, 0) is 37.1 Å². The minimum atomic E-state index is 0.508. The first-order valence-electron chi connectivity index (χ1n) is 4.96. The maximum Gasteiger partial charge on any atom is 0.0342 e. The first-order valence-corrected chi connectivity index (χ1v) is 6.55. The summed E-state index contributed by atoms with van der Waals surface area (Å²) in [5, 5.41) is 3.56. The van der Waals surface area contributed by atoms with Crippen LogP contribution >= 0.6 is 31.9 Å². The Labute approximate surface area is 102 Å². The highest BCUT2D eigenvalue weighted by atomic mass is 79.9. The van der Waals surface area contributed by atoms with Crippen LogP contribution in [0.5, 0.6) is 0 Å². The van der Waals surface area contributed by atoms with E-state index in [1.165, 1.54) is 33.8 Å². The van der Waals surface area contributed by atoms with Crippen LogP contribution in [0.25, 0.3) is 0 Å². The Morgan fingerprint density at radius 2 is 1.86 bits per heavy atom. The van der Waals surface area contributed by atoms with Gasteiger partial charge in [0.2, 0.25) is 0 Å². The van der Waals surface area contributed by atoms with Gasteiger partial charge in [0.05, 0.1) is 0 Å².